The van der Waals surface area contributed by atoms with Gasteiger partial charge in [0.1, 0.15) is 12.8 Å². The molecular weight excluding hydrogens is 306 g/mol. The molecule has 0 radical (unpaired) electrons. The minimum atomic E-state index is -0.419. The molecule has 2 heterocycles. The molecule has 0 aliphatic heterocycles. The van der Waals surface area contributed by atoms with Crippen LogP contribution in [0.1, 0.15) is 30.8 Å². The molecule has 1 N–H and O–H groups in total. The molecular formula is C14H20ClN5O2. The Morgan fingerprint density at radius 3 is 2.77 bits per heavy atom. The number of carbonyl (C=O) groups is 1. The minimum Gasteiger partial charge on any atom is -0.362 e. The zero-order valence-electron chi connectivity index (χ0n) is 13.1. The molecule has 1 atom stereocenters. The summed E-state index contributed by atoms with van der Waals surface area (Å²) < 4.78 is 8.24. The number of rotatable bonds is 6. The maximum Gasteiger partial charge on any atom is 0.249 e. The van der Waals surface area contributed by atoms with Crippen LogP contribution < -0.4 is 5.32 Å². The fourth-order valence-electron chi connectivity index (χ4n) is 2.27. The number of halogens is 1. The quantitative estimate of drug-likeness (QED) is 0.885. The summed E-state index contributed by atoms with van der Waals surface area (Å²) in [6.45, 7) is 5.95. The van der Waals surface area contributed by atoms with Crippen molar-refractivity contribution in [3.63, 3.8) is 0 Å². The molecule has 0 spiro atoms. The Bertz CT molecular complexity index is 664. The van der Waals surface area contributed by atoms with Crippen molar-refractivity contribution < 1.29 is 9.53 Å². The summed E-state index contributed by atoms with van der Waals surface area (Å²) in [4.78, 5) is 12.5. The third-order valence-corrected chi connectivity index (χ3v) is 3.93. The van der Waals surface area contributed by atoms with Crippen molar-refractivity contribution in [2.45, 2.75) is 40.0 Å². The monoisotopic (exact) mass is 325 g/mol. The number of nitrogens with one attached hydrogen (secondary N) is 1. The Labute approximate surface area is 134 Å². The Kier molecular flexibility index (Phi) is 5.20. The number of hydrogen-bond acceptors (Lipinski definition) is 4. The van der Waals surface area contributed by atoms with Crippen LogP contribution in [0.15, 0.2) is 12.4 Å². The lowest BCUT2D eigenvalue weighted by atomic mass is 10.2. The van der Waals surface area contributed by atoms with E-state index >= 15 is 0 Å². The smallest absolute Gasteiger partial charge is 0.249 e. The molecule has 0 fully saturated rings. The van der Waals surface area contributed by atoms with Crippen LogP contribution in [-0.4, -0.2) is 32.6 Å². The first-order chi connectivity index (χ1) is 10.5. The molecule has 1 unspecified atom stereocenters. The van der Waals surface area contributed by atoms with E-state index in [1.807, 2.05) is 20.8 Å². The number of anilines is 1. The zero-order chi connectivity index (χ0) is 16.3. The number of aromatic nitrogens is 4. The van der Waals surface area contributed by atoms with Crippen LogP contribution in [0.3, 0.4) is 0 Å². The molecule has 8 heteroatoms. The molecule has 2 aromatic rings. The molecule has 120 valence electrons. The number of methoxy groups -OCH3 is 1. The molecule has 1 amide bonds. The van der Waals surface area contributed by atoms with Gasteiger partial charge in [-0.1, -0.05) is 18.5 Å². The summed E-state index contributed by atoms with van der Waals surface area (Å²) in [5.74, 6) is -0.151. The van der Waals surface area contributed by atoms with E-state index < -0.39 is 6.04 Å². The van der Waals surface area contributed by atoms with Crippen molar-refractivity contribution in [2.75, 3.05) is 12.4 Å². The molecule has 0 aromatic carbocycles. The van der Waals surface area contributed by atoms with Crippen molar-refractivity contribution in [1.29, 1.82) is 0 Å². The first kappa shape index (κ1) is 16.5. The summed E-state index contributed by atoms with van der Waals surface area (Å²) in [6, 6.07) is -0.419. The fourth-order valence-corrected chi connectivity index (χ4v) is 2.40. The zero-order valence-corrected chi connectivity index (χ0v) is 13.9. The van der Waals surface area contributed by atoms with Crippen molar-refractivity contribution in [2.24, 2.45) is 0 Å². The standard InChI is InChI=1S/C14H20ClN5O2/c1-5-12(20-10(3)13(15)9(2)18-20)14(21)17-11-6-16-19(7-11)8-22-4/h6-7,12H,5,8H2,1-4H3,(H,17,21). The molecule has 0 aliphatic carbocycles. The SMILES string of the molecule is CCC(C(=O)Nc1cnn(COC)c1)n1nc(C)c(Cl)c1C. The molecule has 0 saturated heterocycles. The van der Waals surface area contributed by atoms with Crippen LogP contribution >= 0.6 is 11.6 Å². The maximum absolute atomic E-state index is 12.5. The highest BCUT2D eigenvalue weighted by molar-refractivity contribution is 6.31. The third kappa shape index (κ3) is 3.31. The summed E-state index contributed by atoms with van der Waals surface area (Å²) in [5.41, 5.74) is 2.13. The van der Waals surface area contributed by atoms with Crippen LogP contribution in [0.4, 0.5) is 5.69 Å². The number of ether oxygens (including phenoxy) is 1. The first-order valence-corrected chi connectivity index (χ1v) is 7.39. The van der Waals surface area contributed by atoms with Gasteiger partial charge in [0, 0.05) is 7.11 Å². The lowest BCUT2D eigenvalue weighted by Crippen LogP contribution is -2.27. The van der Waals surface area contributed by atoms with Gasteiger partial charge in [0.25, 0.3) is 0 Å². The van der Waals surface area contributed by atoms with Crippen LogP contribution in [0.2, 0.25) is 5.02 Å². The van der Waals surface area contributed by atoms with Gasteiger partial charge in [-0.15, -0.1) is 0 Å². The van der Waals surface area contributed by atoms with Crippen LogP contribution in [0, 0.1) is 13.8 Å². The largest absolute Gasteiger partial charge is 0.362 e. The Balaban J connectivity index is 2.16. The highest BCUT2D eigenvalue weighted by atomic mass is 35.5. The fraction of sp³-hybridized carbons (Fsp3) is 0.500. The molecule has 0 bridgehead atoms. The third-order valence-electron chi connectivity index (χ3n) is 3.38. The normalized spacial score (nSPS) is 12.4. The van der Waals surface area contributed by atoms with Crippen molar-refractivity contribution >= 4 is 23.2 Å². The minimum absolute atomic E-state index is 0.151. The number of aryl methyl sites for hydroxylation is 1. The van der Waals surface area contributed by atoms with E-state index in [9.17, 15) is 4.79 Å². The average molecular weight is 326 g/mol. The summed E-state index contributed by atoms with van der Waals surface area (Å²) in [6.07, 6.45) is 3.90. The van der Waals surface area contributed by atoms with Gasteiger partial charge in [-0.05, 0) is 20.3 Å². The molecule has 0 saturated carbocycles. The molecule has 22 heavy (non-hydrogen) atoms. The summed E-state index contributed by atoms with van der Waals surface area (Å²) >= 11 is 6.16. The number of amides is 1. The number of carbonyl (C=O) groups excluding carboxylic acids is 1. The van der Waals surface area contributed by atoms with E-state index in [1.54, 1.807) is 28.9 Å². The van der Waals surface area contributed by atoms with E-state index in [0.717, 1.165) is 11.4 Å². The predicted molar refractivity (Wildman–Crippen MR) is 83.9 cm³/mol. The second-order valence-electron chi connectivity index (χ2n) is 5.03. The molecule has 0 aliphatic rings. The van der Waals surface area contributed by atoms with Crippen LogP contribution in [-0.2, 0) is 16.3 Å². The van der Waals surface area contributed by atoms with E-state index in [2.05, 4.69) is 15.5 Å². The van der Waals surface area contributed by atoms with Gasteiger partial charge in [-0.2, -0.15) is 10.2 Å². The maximum atomic E-state index is 12.5. The van der Waals surface area contributed by atoms with Crippen LogP contribution in [0.25, 0.3) is 0 Å². The van der Waals surface area contributed by atoms with Gasteiger partial charge in [-0.25, -0.2) is 4.68 Å². The lowest BCUT2D eigenvalue weighted by Gasteiger charge is -2.16. The molecule has 7 nitrogen and oxygen atoms in total. The summed E-state index contributed by atoms with van der Waals surface area (Å²) in [5, 5.41) is 11.9. The van der Waals surface area contributed by atoms with Gasteiger partial charge in [-0.3, -0.25) is 9.48 Å². The van der Waals surface area contributed by atoms with E-state index in [0.29, 0.717) is 23.9 Å². The predicted octanol–water partition coefficient (Wildman–Crippen LogP) is 2.54. The van der Waals surface area contributed by atoms with Gasteiger partial charge in [0.15, 0.2) is 0 Å². The van der Waals surface area contributed by atoms with Crippen molar-refractivity contribution in [3.05, 3.63) is 28.8 Å². The van der Waals surface area contributed by atoms with E-state index in [4.69, 9.17) is 16.3 Å². The van der Waals surface area contributed by atoms with Crippen molar-refractivity contribution in [1.82, 2.24) is 19.6 Å². The van der Waals surface area contributed by atoms with E-state index in [1.165, 1.54) is 0 Å². The van der Waals surface area contributed by atoms with Gasteiger partial charge in [0.2, 0.25) is 5.91 Å². The van der Waals surface area contributed by atoms with Crippen molar-refractivity contribution in [3.8, 4) is 0 Å². The molecule has 2 rings (SSSR count). The van der Waals surface area contributed by atoms with Crippen LogP contribution in [0.5, 0.6) is 0 Å². The van der Waals surface area contributed by atoms with Gasteiger partial charge in [0.05, 0.1) is 34.5 Å². The number of nitrogens with zero attached hydrogens (tertiary/aromatic N) is 4. The van der Waals surface area contributed by atoms with Gasteiger partial charge >= 0.3 is 0 Å². The highest BCUT2D eigenvalue weighted by Crippen LogP contribution is 2.24. The first-order valence-electron chi connectivity index (χ1n) is 7.01. The average Bonchev–Trinajstić information content (AvgIpc) is 3.01. The Hall–Kier alpha value is -1.86. The second-order valence-corrected chi connectivity index (χ2v) is 5.41. The van der Waals surface area contributed by atoms with E-state index in [-0.39, 0.29) is 5.91 Å². The highest BCUT2D eigenvalue weighted by Gasteiger charge is 2.23. The Morgan fingerprint density at radius 1 is 1.50 bits per heavy atom. The Morgan fingerprint density at radius 2 is 2.23 bits per heavy atom. The number of hydrogen-bond donors (Lipinski definition) is 1. The van der Waals surface area contributed by atoms with Gasteiger partial charge < -0.3 is 10.1 Å². The topological polar surface area (TPSA) is 74.0 Å². The lowest BCUT2D eigenvalue weighted by molar-refractivity contribution is -0.119. The summed E-state index contributed by atoms with van der Waals surface area (Å²) in [7, 11) is 1.58. The molecule has 2 aromatic heterocycles. The second kappa shape index (κ2) is 6.93.